The molecule has 0 heterocycles. The number of carbonyl (C=O) groups is 1. The lowest BCUT2D eigenvalue weighted by Gasteiger charge is -2.08. The van der Waals surface area contributed by atoms with Gasteiger partial charge >= 0.3 is 5.97 Å². The zero-order valence-corrected chi connectivity index (χ0v) is 8.05. The fraction of sp³-hybridized carbons (Fsp3) is 0.300. The molecule has 0 fully saturated rings. The number of aromatic hydroxyl groups is 1. The number of aliphatic carboxylic acids is 1. The van der Waals surface area contributed by atoms with E-state index in [1.165, 1.54) is 6.07 Å². The zero-order chi connectivity index (χ0) is 11.4. The molecule has 0 bridgehead atoms. The molecule has 5 heteroatoms. The molecule has 5 nitrogen and oxygen atoms in total. The van der Waals surface area contributed by atoms with E-state index in [1.807, 2.05) is 0 Å². The molecular weight excluding hydrogens is 198 g/mol. The first-order valence-electron chi connectivity index (χ1n) is 4.44. The van der Waals surface area contributed by atoms with Gasteiger partial charge in [0.1, 0.15) is 11.8 Å². The molecule has 0 aromatic heterocycles. The van der Waals surface area contributed by atoms with Gasteiger partial charge in [0.25, 0.3) is 0 Å². The number of hydrogen-bond acceptors (Lipinski definition) is 4. The summed E-state index contributed by atoms with van der Waals surface area (Å²) in [6.45, 7) is -0.253. The Morgan fingerprint density at radius 1 is 1.47 bits per heavy atom. The second kappa shape index (κ2) is 4.77. The molecule has 1 atom stereocenters. The summed E-state index contributed by atoms with van der Waals surface area (Å²) in [5, 5.41) is 26.8. The molecule has 0 amide bonds. The predicted molar refractivity (Wildman–Crippen MR) is 53.3 cm³/mol. The van der Waals surface area contributed by atoms with Crippen LogP contribution in [0.15, 0.2) is 18.2 Å². The molecule has 1 unspecified atom stereocenters. The molecule has 82 valence electrons. The molecule has 0 spiro atoms. The fourth-order valence-electron chi connectivity index (χ4n) is 1.21. The third kappa shape index (κ3) is 2.93. The Morgan fingerprint density at radius 2 is 2.13 bits per heavy atom. The number of aliphatic hydroxyl groups is 1. The highest BCUT2D eigenvalue weighted by molar-refractivity contribution is 5.73. The normalized spacial score (nSPS) is 12.4. The van der Waals surface area contributed by atoms with Crippen LogP contribution in [0, 0.1) is 0 Å². The van der Waals surface area contributed by atoms with E-state index in [4.69, 9.17) is 15.9 Å². The minimum absolute atomic E-state index is 0.0485. The van der Waals surface area contributed by atoms with E-state index in [0.29, 0.717) is 11.1 Å². The summed E-state index contributed by atoms with van der Waals surface area (Å²) in [6.07, 6.45) is 0.147. The van der Waals surface area contributed by atoms with Gasteiger partial charge in [0.2, 0.25) is 0 Å². The van der Waals surface area contributed by atoms with Crippen molar-refractivity contribution in [3.8, 4) is 5.75 Å². The minimum Gasteiger partial charge on any atom is -0.508 e. The quantitative estimate of drug-likeness (QED) is 0.554. The van der Waals surface area contributed by atoms with E-state index < -0.39 is 12.0 Å². The lowest BCUT2D eigenvalue weighted by Crippen LogP contribution is -2.32. The summed E-state index contributed by atoms with van der Waals surface area (Å²) in [5.74, 6) is -1.13. The maximum atomic E-state index is 10.5. The standard InChI is InChI=1S/C10H13NO4/c11-8(10(14)15)3-6-1-2-7(5-12)9(13)4-6/h1-2,4,8,12-13H,3,5,11H2,(H,14,15). The van der Waals surface area contributed by atoms with Crippen LogP contribution in [0.4, 0.5) is 0 Å². The van der Waals surface area contributed by atoms with E-state index >= 15 is 0 Å². The van der Waals surface area contributed by atoms with Crippen molar-refractivity contribution in [3.63, 3.8) is 0 Å². The minimum atomic E-state index is -1.08. The van der Waals surface area contributed by atoms with Crippen molar-refractivity contribution in [2.45, 2.75) is 19.1 Å². The lowest BCUT2D eigenvalue weighted by atomic mass is 10.0. The second-order valence-corrected chi connectivity index (χ2v) is 3.27. The lowest BCUT2D eigenvalue weighted by molar-refractivity contribution is -0.138. The molecule has 1 aromatic carbocycles. The van der Waals surface area contributed by atoms with Crippen LogP contribution in [-0.2, 0) is 17.8 Å². The molecule has 0 saturated carbocycles. The van der Waals surface area contributed by atoms with E-state index in [1.54, 1.807) is 12.1 Å². The third-order valence-electron chi connectivity index (χ3n) is 2.09. The van der Waals surface area contributed by atoms with Crippen LogP contribution in [0.3, 0.4) is 0 Å². The van der Waals surface area contributed by atoms with Gasteiger partial charge < -0.3 is 21.1 Å². The van der Waals surface area contributed by atoms with Crippen LogP contribution >= 0.6 is 0 Å². The van der Waals surface area contributed by atoms with Gasteiger partial charge in [-0.1, -0.05) is 12.1 Å². The van der Waals surface area contributed by atoms with Gasteiger partial charge in [-0.15, -0.1) is 0 Å². The van der Waals surface area contributed by atoms with E-state index in [2.05, 4.69) is 0 Å². The van der Waals surface area contributed by atoms with Crippen molar-refractivity contribution in [1.82, 2.24) is 0 Å². The van der Waals surface area contributed by atoms with Gasteiger partial charge in [0.15, 0.2) is 0 Å². The Hall–Kier alpha value is -1.59. The monoisotopic (exact) mass is 211 g/mol. The Morgan fingerprint density at radius 3 is 2.60 bits per heavy atom. The van der Waals surface area contributed by atoms with Crippen molar-refractivity contribution in [2.24, 2.45) is 5.73 Å². The number of nitrogens with two attached hydrogens (primary N) is 1. The van der Waals surface area contributed by atoms with Crippen LogP contribution in [0.2, 0.25) is 0 Å². The Bertz CT molecular complexity index is 364. The highest BCUT2D eigenvalue weighted by Crippen LogP contribution is 2.19. The van der Waals surface area contributed by atoms with Crippen LogP contribution in [0.5, 0.6) is 5.75 Å². The molecule has 1 aromatic rings. The van der Waals surface area contributed by atoms with Gasteiger partial charge in [-0.25, -0.2) is 0 Å². The summed E-state index contributed by atoms with van der Waals surface area (Å²) in [5.41, 5.74) is 6.37. The zero-order valence-electron chi connectivity index (χ0n) is 8.05. The first-order valence-corrected chi connectivity index (χ1v) is 4.44. The molecule has 0 aliphatic carbocycles. The largest absolute Gasteiger partial charge is 0.508 e. The van der Waals surface area contributed by atoms with E-state index in [9.17, 15) is 9.90 Å². The summed E-state index contributed by atoms with van der Waals surface area (Å²) in [6, 6.07) is 3.60. The van der Waals surface area contributed by atoms with Crippen molar-refractivity contribution in [3.05, 3.63) is 29.3 Å². The summed E-state index contributed by atoms with van der Waals surface area (Å²) in [4.78, 5) is 10.5. The first-order chi connectivity index (χ1) is 7.04. The van der Waals surface area contributed by atoms with Crippen molar-refractivity contribution >= 4 is 5.97 Å². The Labute approximate surface area is 86.8 Å². The summed E-state index contributed by atoms with van der Waals surface area (Å²) < 4.78 is 0. The molecular formula is C10H13NO4. The summed E-state index contributed by atoms with van der Waals surface area (Å²) >= 11 is 0. The number of hydrogen-bond donors (Lipinski definition) is 4. The average molecular weight is 211 g/mol. The third-order valence-corrected chi connectivity index (χ3v) is 2.09. The van der Waals surface area contributed by atoms with Gasteiger partial charge in [0.05, 0.1) is 6.61 Å². The topological polar surface area (TPSA) is 104 Å². The van der Waals surface area contributed by atoms with Crippen molar-refractivity contribution in [1.29, 1.82) is 0 Å². The van der Waals surface area contributed by atoms with Gasteiger partial charge in [-0.3, -0.25) is 4.79 Å². The summed E-state index contributed by atoms with van der Waals surface area (Å²) in [7, 11) is 0. The van der Waals surface area contributed by atoms with Crippen LogP contribution < -0.4 is 5.73 Å². The highest BCUT2D eigenvalue weighted by atomic mass is 16.4. The van der Waals surface area contributed by atoms with E-state index in [-0.39, 0.29) is 18.8 Å². The van der Waals surface area contributed by atoms with Crippen LogP contribution in [-0.4, -0.2) is 27.3 Å². The predicted octanol–water partition coefficient (Wildman–Crippen LogP) is -0.161. The van der Waals surface area contributed by atoms with Gasteiger partial charge in [0, 0.05) is 5.56 Å². The molecule has 0 aliphatic rings. The molecule has 0 radical (unpaired) electrons. The number of phenols is 1. The number of carboxylic acids is 1. The maximum Gasteiger partial charge on any atom is 0.320 e. The maximum absolute atomic E-state index is 10.5. The molecule has 5 N–H and O–H groups in total. The molecule has 1 rings (SSSR count). The van der Waals surface area contributed by atoms with Crippen molar-refractivity contribution in [2.75, 3.05) is 0 Å². The van der Waals surface area contributed by atoms with Gasteiger partial charge in [-0.05, 0) is 18.1 Å². The van der Waals surface area contributed by atoms with Crippen LogP contribution in [0.25, 0.3) is 0 Å². The molecule has 0 aliphatic heterocycles. The number of benzene rings is 1. The Balaban J connectivity index is 2.79. The number of rotatable bonds is 4. The smallest absolute Gasteiger partial charge is 0.320 e. The Kier molecular flexibility index (Phi) is 3.65. The first kappa shape index (κ1) is 11.5. The number of carboxylic acid groups (broad SMARTS) is 1. The second-order valence-electron chi connectivity index (χ2n) is 3.27. The number of aliphatic hydroxyl groups excluding tert-OH is 1. The van der Waals surface area contributed by atoms with Gasteiger partial charge in [-0.2, -0.15) is 0 Å². The highest BCUT2D eigenvalue weighted by Gasteiger charge is 2.12. The van der Waals surface area contributed by atoms with E-state index in [0.717, 1.165) is 0 Å². The molecule has 15 heavy (non-hydrogen) atoms. The SMILES string of the molecule is NC(Cc1ccc(CO)c(O)c1)C(=O)O. The average Bonchev–Trinajstić information content (AvgIpc) is 2.18. The van der Waals surface area contributed by atoms with Crippen molar-refractivity contribution < 1.29 is 20.1 Å². The molecule has 0 saturated heterocycles. The fourth-order valence-corrected chi connectivity index (χ4v) is 1.21. The van der Waals surface area contributed by atoms with Crippen LogP contribution in [0.1, 0.15) is 11.1 Å².